The molecule has 2 rings (SSSR count). The molecule has 0 heterocycles. The summed E-state index contributed by atoms with van der Waals surface area (Å²) in [7, 11) is 0. The van der Waals surface area contributed by atoms with Crippen LogP contribution in [0.25, 0.3) is 11.1 Å². The van der Waals surface area contributed by atoms with Gasteiger partial charge in [-0.2, -0.15) is 0 Å². The van der Waals surface area contributed by atoms with E-state index in [-0.39, 0.29) is 6.61 Å². The Morgan fingerprint density at radius 3 is 2.48 bits per heavy atom. The predicted octanol–water partition coefficient (Wildman–Crippen LogP) is 4.69. The van der Waals surface area contributed by atoms with E-state index in [0.717, 1.165) is 23.0 Å². The largest absolute Gasteiger partial charge is 0.492 e. The van der Waals surface area contributed by atoms with Crippen molar-refractivity contribution in [1.82, 2.24) is 5.32 Å². The van der Waals surface area contributed by atoms with Crippen molar-refractivity contribution in [2.75, 3.05) is 13.2 Å². The van der Waals surface area contributed by atoms with Crippen molar-refractivity contribution in [3.05, 3.63) is 53.1 Å². The van der Waals surface area contributed by atoms with E-state index in [1.807, 2.05) is 58.9 Å². The number of amides is 1. The zero-order valence-corrected chi connectivity index (χ0v) is 16.6. The molecule has 0 saturated heterocycles. The minimum Gasteiger partial charge on any atom is -0.492 e. The van der Waals surface area contributed by atoms with Crippen LogP contribution in [0.5, 0.6) is 5.75 Å². The molecule has 0 atom stereocenters. The number of benzene rings is 2. The Kier molecular flexibility index (Phi) is 6.61. The standard InChI is InChI=1S/C22H27NO4/c1-15-6-7-20(16(2)10-15)18-11-17(14-24)12-19(13-18)26-9-8-23-21(25)27-22(3,4)5/h6-7,10-14H,8-9H2,1-5H3,(H,23,25). The van der Waals surface area contributed by atoms with Crippen LogP contribution < -0.4 is 10.1 Å². The maximum absolute atomic E-state index is 11.6. The highest BCUT2D eigenvalue weighted by molar-refractivity contribution is 5.81. The summed E-state index contributed by atoms with van der Waals surface area (Å²) in [5.41, 5.74) is 4.31. The Balaban J connectivity index is 2.05. The van der Waals surface area contributed by atoms with E-state index in [9.17, 15) is 9.59 Å². The maximum Gasteiger partial charge on any atom is 0.407 e. The lowest BCUT2D eigenvalue weighted by molar-refractivity contribution is 0.0520. The van der Waals surface area contributed by atoms with Gasteiger partial charge in [-0.15, -0.1) is 0 Å². The van der Waals surface area contributed by atoms with Gasteiger partial charge in [0.15, 0.2) is 0 Å². The molecule has 1 N–H and O–H groups in total. The smallest absolute Gasteiger partial charge is 0.407 e. The van der Waals surface area contributed by atoms with Gasteiger partial charge in [0, 0.05) is 5.56 Å². The summed E-state index contributed by atoms with van der Waals surface area (Å²) in [5, 5.41) is 2.64. The minimum atomic E-state index is -0.538. The van der Waals surface area contributed by atoms with E-state index in [2.05, 4.69) is 11.4 Å². The Labute approximate surface area is 160 Å². The number of carbonyl (C=O) groups excluding carboxylic acids is 2. The third-order valence-electron chi connectivity index (χ3n) is 3.80. The third-order valence-corrected chi connectivity index (χ3v) is 3.80. The summed E-state index contributed by atoms with van der Waals surface area (Å²) >= 11 is 0. The lowest BCUT2D eigenvalue weighted by Crippen LogP contribution is -2.34. The third kappa shape index (κ3) is 6.44. The quantitative estimate of drug-likeness (QED) is 0.593. The van der Waals surface area contributed by atoms with Gasteiger partial charge in [0.2, 0.25) is 0 Å². The van der Waals surface area contributed by atoms with Gasteiger partial charge in [-0.3, -0.25) is 4.79 Å². The summed E-state index contributed by atoms with van der Waals surface area (Å²) in [5.74, 6) is 0.584. The first kappa shape index (κ1) is 20.5. The van der Waals surface area contributed by atoms with E-state index < -0.39 is 11.7 Å². The van der Waals surface area contributed by atoms with Crippen LogP contribution in [0, 0.1) is 13.8 Å². The molecule has 5 nitrogen and oxygen atoms in total. The molecule has 0 unspecified atom stereocenters. The van der Waals surface area contributed by atoms with Crippen molar-refractivity contribution in [2.45, 2.75) is 40.2 Å². The van der Waals surface area contributed by atoms with Gasteiger partial charge in [-0.25, -0.2) is 4.79 Å². The monoisotopic (exact) mass is 369 g/mol. The molecule has 0 radical (unpaired) electrons. The Morgan fingerprint density at radius 2 is 1.85 bits per heavy atom. The summed E-state index contributed by atoms with van der Waals surface area (Å²) in [6, 6.07) is 11.6. The molecule has 2 aromatic rings. The lowest BCUT2D eigenvalue weighted by atomic mass is 9.97. The second kappa shape index (κ2) is 8.71. The fourth-order valence-electron chi connectivity index (χ4n) is 2.70. The van der Waals surface area contributed by atoms with Crippen LogP contribution in [0.15, 0.2) is 36.4 Å². The van der Waals surface area contributed by atoms with Crippen molar-refractivity contribution in [3.63, 3.8) is 0 Å². The molecule has 144 valence electrons. The van der Waals surface area contributed by atoms with Crippen LogP contribution in [0.1, 0.15) is 42.3 Å². The molecule has 0 spiro atoms. The molecule has 0 aliphatic heterocycles. The molecule has 0 aromatic heterocycles. The van der Waals surface area contributed by atoms with Crippen molar-refractivity contribution >= 4 is 12.4 Å². The first-order valence-electron chi connectivity index (χ1n) is 8.95. The number of ether oxygens (including phenoxy) is 2. The van der Waals surface area contributed by atoms with E-state index in [1.54, 1.807) is 6.07 Å². The molecule has 0 aliphatic rings. The van der Waals surface area contributed by atoms with Crippen LogP contribution in [0.4, 0.5) is 4.79 Å². The zero-order valence-electron chi connectivity index (χ0n) is 16.6. The molecule has 0 fully saturated rings. The number of hydrogen-bond acceptors (Lipinski definition) is 4. The van der Waals surface area contributed by atoms with Gasteiger partial charge in [-0.1, -0.05) is 23.8 Å². The summed E-state index contributed by atoms with van der Waals surface area (Å²) in [6.07, 6.45) is 0.322. The van der Waals surface area contributed by atoms with Gasteiger partial charge in [0.05, 0.1) is 6.54 Å². The van der Waals surface area contributed by atoms with Gasteiger partial charge in [0.25, 0.3) is 0 Å². The average Bonchev–Trinajstić information content (AvgIpc) is 2.57. The van der Waals surface area contributed by atoms with Crippen molar-refractivity contribution < 1.29 is 19.1 Å². The first-order chi connectivity index (χ1) is 12.7. The van der Waals surface area contributed by atoms with E-state index in [4.69, 9.17) is 9.47 Å². The highest BCUT2D eigenvalue weighted by Gasteiger charge is 2.15. The molecule has 5 heteroatoms. The van der Waals surface area contributed by atoms with E-state index in [1.165, 1.54) is 5.56 Å². The van der Waals surface area contributed by atoms with Gasteiger partial charge in [0.1, 0.15) is 24.2 Å². The van der Waals surface area contributed by atoms with Crippen molar-refractivity contribution in [2.24, 2.45) is 0 Å². The second-order valence-corrected chi connectivity index (χ2v) is 7.50. The number of alkyl carbamates (subject to hydrolysis) is 1. The van der Waals surface area contributed by atoms with E-state index in [0.29, 0.717) is 17.9 Å². The molecule has 2 aromatic carbocycles. The predicted molar refractivity (Wildman–Crippen MR) is 106 cm³/mol. The average molecular weight is 369 g/mol. The molecule has 1 amide bonds. The van der Waals surface area contributed by atoms with Gasteiger partial charge < -0.3 is 14.8 Å². The van der Waals surface area contributed by atoms with Gasteiger partial charge in [-0.05, 0) is 69.5 Å². The molecule has 27 heavy (non-hydrogen) atoms. The number of hydrogen-bond donors (Lipinski definition) is 1. The number of carbonyl (C=O) groups is 2. The minimum absolute atomic E-state index is 0.272. The van der Waals surface area contributed by atoms with Crippen LogP contribution >= 0.6 is 0 Å². The molecular formula is C22H27NO4. The number of aldehydes is 1. The van der Waals surface area contributed by atoms with Gasteiger partial charge >= 0.3 is 6.09 Å². The van der Waals surface area contributed by atoms with Crippen LogP contribution in [0.2, 0.25) is 0 Å². The topological polar surface area (TPSA) is 64.6 Å². The summed E-state index contributed by atoms with van der Waals surface area (Å²) in [4.78, 5) is 22.9. The van der Waals surface area contributed by atoms with Crippen LogP contribution in [0.3, 0.4) is 0 Å². The normalized spacial score (nSPS) is 11.0. The molecule has 0 aliphatic carbocycles. The fraction of sp³-hybridized carbons (Fsp3) is 0.364. The van der Waals surface area contributed by atoms with Crippen LogP contribution in [-0.4, -0.2) is 31.1 Å². The van der Waals surface area contributed by atoms with Crippen LogP contribution in [-0.2, 0) is 4.74 Å². The highest BCUT2D eigenvalue weighted by Crippen LogP contribution is 2.28. The summed E-state index contributed by atoms with van der Waals surface area (Å²) < 4.78 is 10.9. The number of aryl methyl sites for hydroxylation is 2. The number of rotatable bonds is 6. The second-order valence-electron chi connectivity index (χ2n) is 7.50. The fourth-order valence-corrected chi connectivity index (χ4v) is 2.70. The molecule has 0 saturated carbocycles. The number of nitrogens with one attached hydrogen (secondary N) is 1. The SMILES string of the molecule is Cc1ccc(-c2cc(C=O)cc(OCCNC(=O)OC(C)(C)C)c2)c(C)c1. The Morgan fingerprint density at radius 1 is 1.11 bits per heavy atom. The van der Waals surface area contributed by atoms with Crippen molar-refractivity contribution in [1.29, 1.82) is 0 Å². The first-order valence-corrected chi connectivity index (χ1v) is 8.95. The lowest BCUT2D eigenvalue weighted by Gasteiger charge is -2.19. The Bertz CT molecular complexity index is 822. The van der Waals surface area contributed by atoms with E-state index >= 15 is 0 Å². The molecule has 0 bridgehead atoms. The Hall–Kier alpha value is -2.82. The van der Waals surface area contributed by atoms with Crippen molar-refractivity contribution in [3.8, 4) is 16.9 Å². The molecular weight excluding hydrogens is 342 g/mol. The summed E-state index contributed by atoms with van der Waals surface area (Å²) in [6.45, 7) is 10.1. The highest BCUT2D eigenvalue weighted by atomic mass is 16.6. The zero-order chi connectivity index (χ0) is 20.0. The maximum atomic E-state index is 11.6.